The highest BCUT2D eigenvalue weighted by atomic mass is 127. The monoisotopic (exact) mass is 493 g/mol. The number of halogens is 1. The minimum absolute atomic E-state index is 0. The van der Waals surface area contributed by atoms with Gasteiger partial charge in [-0.25, -0.2) is 9.98 Å². The Bertz CT molecular complexity index is 701. The summed E-state index contributed by atoms with van der Waals surface area (Å²) in [6.45, 7) is 6.65. The topological polar surface area (TPSA) is 80.5 Å². The average Bonchev–Trinajstić information content (AvgIpc) is 3.15. The molecule has 0 radical (unpaired) electrons. The van der Waals surface area contributed by atoms with Crippen molar-refractivity contribution in [3.05, 3.63) is 27.7 Å². The van der Waals surface area contributed by atoms with Crippen molar-refractivity contribution < 1.29 is 4.74 Å². The minimum Gasteiger partial charge on any atom is -0.383 e. The zero-order valence-electron chi connectivity index (χ0n) is 16.0. The maximum Gasteiger partial charge on any atom is 0.194 e. The molecule has 0 aromatic carbocycles. The molecular weight excluding hydrogens is 465 g/mol. The van der Waals surface area contributed by atoms with Crippen LogP contribution < -0.4 is 5.32 Å². The van der Waals surface area contributed by atoms with Crippen molar-refractivity contribution in [1.29, 1.82) is 0 Å². The fourth-order valence-electron chi connectivity index (χ4n) is 2.20. The second-order valence-corrected chi connectivity index (χ2v) is 7.14. The molecule has 0 aliphatic rings. The lowest BCUT2D eigenvalue weighted by molar-refractivity contribution is 0.203. The van der Waals surface area contributed by atoms with Crippen LogP contribution in [0.1, 0.15) is 21.5 Å². The number of ether oxygens (including phenoxy) is 1. The molecular formula is C16H28IN7OS. The summed E-state index contributed by atoms with van der Waals surface area (Å²) in [6.07, 6.45) is 2.81. The summed E-state index contributed by atoms with van der Waals surface area (Å²) in [5, 5.41) is 12.7. The van der Waals surface area contributed by atoms with Crippen LogP contribution >= 0.6 is 35.3 Å². The number of aryl methyl sites for hydroxylation is 2. The number of hydrogen-bond acceptors (Lipinski definition) is 6. The molecule has 2 aromatic heterocycles. The van der Waals surface area contributed by atoms with E-state index in [9.17, 15) is 0 Å². The van der Waals surface area contributed by atoms with Gasteiger partial charge < -0.3 is 19.5 Å². The van der Waals surface area contributed by atoms with Gasteiger partial charge in [0.15, 0.2) is 11.8 Å². The van der Waals surface area contributed by atoms with E-state index in [1.807, 2.05) is 31.8 Å². The van der Waals surface area contributed by atoms with E-state index in [1.54, 1.807) is 18.4 Å². The van der Waals surface area contributed by atoms with Crippen LogP contribution in [0, 0.1) is 13.8 Å². The van der Waals surface area contributed by atoms with E-state index in [4.69, 9.17) is 9.73 Å². The van der Waals surface area contributed by atoms with Gasteiger partial charge in [-0.2, -0.15) is 0 Å². The smallest absolute Gasteiger partial charge is 0.194 e. The molecule has 8 nitrogen and oxygen atoms in total. The zero-order chi connectivity index (χ0) is 18.2. The first kappa shape index (κ1) is 22.8. The van der Waals surface area contributed by atoms with E-state index in [-0.39, 0.29) is 24.0 Å². The third-order valence-electron chi connectivity index (χ3n) is 3.83. The van der Waals surface area contributed by atoms with E-state index in [2.05, 4.69) is 32.3 Å². The van der Waals surface area contributed by atoms with E-state index in [0.29, 0.717) is 19.7 Å². The van der Waals surface area contributed by atoms with Crippen LogP contribution in [-0.2, 0) is 24.8 Å². The van der Waals surface area contributed by atoms with Gasteiger partial charge in [0.25, 0.3) is 0 Å². The number of rotatable bonds is 8. The van der Waals surface area contributed by atoms with E-state index in [1.165, 1.54) is 4.88 Å². The van der Waals surface area contributed by atoms with Gasteiger partial charge in [-0.05, 0) is 13.8 Å². The molecule has 2 heterocycles. The predicted octanol–water partition coefficient (Wildman–Crippen LogP) is 1.77. The number of guanidine groups is 1. The molecule has 0 saturated heterocycles. The van der Waals surface area contributed by atoms with Crippen LogP contribution in [0.25, 0.3) is 0 Å². The lowest BCUT2D eigenvalue weighted by Gasteiger charge is -2.22. The Balaban J connectivity index is 0.00000338. The minimum atomic E-state index is 0. The number of methoxy groups -OCH3 is 1. The van der Waals surface area contributed by atoms with Crippen LogP contribution in [0.2, 0.25) is 0 Å². The number of aromatic nitrogens is 4. The van der Waals surface area contributed by atoms with Crippen molar-refractivity contribution >= 4 is 41.3 Å². The Morgan fingerprint density at radius 3 is 2.73 bits per heavy atom. The van der Waals surface area contributed by atoms with E-state index >= 15 is 0 Å². The van der Waals surface area contributed by atoms with Crippen molar-refractivity contribution in [2.75, 3.05) is 33.9 Å². The molecule has 0 saturated carbocycles. The normalized spacial score (nSPS) is 11.3. The highest BCUT2D eigenvalue weighted by Gasteiger charge is 2.10. The van der Waals surface area contributed by atoms with Gasteiger partial charge in [0, 0.05) is 51.8 Å². The van der Waals surface area contributed by atoms with Crippen LogP contribution in [0.4, 0.5) is 0 Å². The predicted molar refractivity (Wildman–Crippen MR) is 115 cm³/mol. The summed E-state index contributed by atoms with van der Waals surface area (Å²) in [7, 11) is 5.67. The van der Waals surface area contributed by atoms with Gasteiger partial charge >= 0.3 is 0 Å². The Morgan fingerprint density at radius 2 is 2.15 bits per heavy atom. The molecule has 0 bridgehead atoms. The Morgan fingerprint density at radius 1 is 1.38 bits per heavy atom. The summed E-state index contributed by atoms with van der Waals surface area (Å²) in [5.41, 5.74) is 0. The van der Waals surface area contributed by atoms with Gasteiger partial charge in [-0.15, -0.1) is 45.5 Å². The van der Waals surface area contributed by atoms with Crippen molar-refractivity contribution in [1.82, 2.24) is 30.0 Å². The highest BCUT2D eigenvalue weighted by Crippen LogP contribution is 2.12. The van der Waals surface area contributed by atoms with Gasteiger partial charge in [0.1, 0.15) is 12.4 Å². The second kappa shape index (κ2) is 11.4. The van der Waals surface area contributed by atoms with E-state index in [0.717, 1.165) is 35.6 Å². The van der Waals surface area contributed by atoms with Gasteiger partial charge in [0.05, 0.1) is 11.6 Å². The summed E-state index contributed by atoms with van der Waals surface area (Å²) in [5.74, 6) is 2.55. The number of hydrogen-bond donors (Lipinski definition) is 1. The summed E-state index contributed by atoms with van der Waals surface area (Å²) in [6, 6.07) is 0. The molecule has 26 heavy (non-hydrogen) atoms. The van der Waals surface area contributed by atoms with Crippen molar-refractivity contribution in [3.63, 3.8) is 0 Å². The number of nitrogens with zero attached hydrogens (tertiary/aromatic N) is 6. The fraction of sp³-hybridized carbons (Fsp3) is 0.625. The van der Waals surface area contributed by atoms with Gasteiger partial charge in [0.2, 0.25) is 0 Å². The van der Waals surface area contributed by atoms with Crippen LogP contribution in [0.15, 0.2) is 11.2 Å². The quantitative estimate of drug-likeness (QED) is 0.262. The molecule has 0 atom stereocenters. The van der Waals surface area contributed by atoms with Crippen molar-refractivity contribution in [2.24, 2.45) is 12.0 Å². The third-order valence-corrected chi connectivity index (χ3v) is 4.81. The summed E-state index contributed by atoms with van der Waals surface area (Å²) < 4.78 is 7.07. The molecule has 10 heteroatoms. The molecule has 2 rings (SSSR count). The molecule has 0 amide bonds. The number of likely N-dealkylation sites (N-methyl/N-ethyl adjacent to an activating group) is 1. The summed E-state index contributed by atoms with van der Waals surface area (Å²) in [4.78, 5) is 12.5. The van der Waals surface area contributed by atoms with Crippen molar-refractivity contribution in [3.8, 4) is 0 Å². The number of aliphatic imine (C=N–C) groups is 1. The lowest BCUT2D eigenvalue weighted by atomic mass is 10.4. The first-order chi connectivity index (χ1) is 12.0. The molecule has 0 aliphatic heterocycles. The fourth-order valence-corrected chi connectivity index (χ4v) is 2.97. The third kappa shape index (κ3) is 6.80. The number of thiazole rings is 1. The van der Waals surface area contributed by atoms with Crippen LogP contribution in [0.3, 0.4) is 0 Å². The molecule has 0 aliphatic carbocycles. The standard InChI is InChI=1S/C16H27N7OS.HI/c1-12-10-18-15(25-12)6-8-22(3)16(17-7-9-24-5)19-11-14-21-20-13(2)23(14)4;/h10H,6-9,11H2,1-5H3,(H,17,19);1H. The molecule has 0 unspecified atom stereocenters. The Kier molecular flexibility index (Phi) is 10.0. The van der Waals surface area contributed by atoms with Gasteiger partial charge in [-0.1, -0.05) is 0 Å². The number of nitrogens with one attached hydrogen (secondary N) is 1. The highest BCUT2D eigenvalue weighted by molar-refractivity contribution is 14.0. The summed E-state index contributed by atoms with van der Waals surface area (Å²) >= 11 is 1.74. The molecule has 0 spiro atoms. The SMILES string of the molecule is COCCNC(=NCc1nnc(C)n1C)N(C)CCc1ncc(C)s1.I. The second-order valence-electron chi connectivity index (χ2n) is 5.82. The molecule has 1 N–H and O–H groups in total. The van der Waals surface area contributed by atoms with Crippen LogP contribution in [0.5, 0.6) is 0 Å². The first-order valence-electron chi connectivity index (χ1n) is 8.25. The largest absolute Gasteiger partial charge is 0.383 e. The van der Waals surface area contributed by atoms with Crippen molar-refractivity contribution in [2.45, 2.75) is 26.8 Å². The Hall–Kier alpha value is -1.27. The molecule has 2 aromatic rings. The average molecular weight is 493 g/mol. The maximum absolute atomic E-state index is 5.12. The molecule has 0 fully saturated rings. The van der Waals surface area contributed by atoms with E-state index < -0.39 is 0 Å². The lowest BCUT2D eigenvalue weighted by Crippen LogP contribution is -2.41. The van der Waals surface area contributed by atoms with Gasteiger partial charge in [-0.3, -0.25) is 0 Å². The first-order valence-corrected chi connectivity index (χ1v) is 9.07. The maximum atomic E-state index is 5.12. The molecule has 146 valence electrons. The van der Waals surface area contributed by atoms with Crippen LogP contribution in [-0.4, -0.2) is 64.5 Å². The zero-order valence-corrected chi connectivity index (χ0v) is 19.2. The Labute approximate surface area is 176 Å².